The van der Waals surface area contributed by atoms with Gasteiger partial charge in [0.1, 0.15) is 0 Å². The van der Waals surface area contributed by atoms with Crippen LogP contribution >= 0.6 is 0 Å². The standard InChI is InChI=1S/C21H16O/c1-2-14-7-3-5-9-16(14)19-12-11-18-17-10-6-4-8-15(17)13-20(18)21(19)22/h3-13H,2H2,1H3. The molecule has 0 radical (unpaired) electrons. The molecule has 0 atom stereocenters. The van der Waals surface area contributed by atoms with E-state index in [0.717, 1.165) is 39.8 Å². The lowest BCUT2D eigenvalue weighted by atomic mass is 9.86. The number of benzene rings is 2. The molecule has 0 saturated carbocycles. The van der Waals surface area contributed by atoms with Crippen LogP contribution in [-0.2, 0) is 11.2 Å². The van der Waals surface area contributed by atoms with E-state index < -0.39 is 0 Å². The lowest BCUT2D eigenvalue weighted by Gasteiger charge is -2.16. The SMILES string of the molecule is CCc1ccccc1C1=CC=C2C(=Cc3ccccc32)C1=O. The molecule has 0 N–H and O–H groups in total. The van der Waals surface area contributed by atoms with Crippen molar-refractivity contribution in [3.05, 3.63) is 88.5 Å². The molecule has 2 aliphatic rings. The normalized spacial score (nSPS) is 15.7. The van der Waals surface area contributed by atoms with Crippen molar-refractivity contribution in [2.45, 2.75) is 13.3 Å². The van der Waals surface area contributed by atoms with Crippen LogP contribution in [0, 0.1) is 0 Å². The molecule has 0 spiro atoms. The number of ketones is 1. The minimum absolute atomic E-state index is 0.134. The van der Waals surface area contributed by atoms with Crippen molar-refractivity contribution < 1.29 is 4.79 Å². The Morgan fingerprint density at radius 3 is 2.27 bits per heavy atom. The van der Waals surface area contributed by atoms with Gasteiger partial charge in [0.25, 0.3) is 0 Å². The first kappa shape index (κ1) is 13.0. The monoisotopic (exact) mass is 284 g/mol. The van der Waals surface area contributed by atoms with Crippen molar-refractivity contribution >= 4 is 23.0 Å². The van der Waals surface area contributed by atoms with Crippen LogP contribution in [0.5, 0.6) is 0 Å². The Labute approximate surface area is 130 Å². The largest absolute Gasteiger partial charge is 0.289 e. The number of carbonyl (C=O) groups is 1. The summed E-state index contributed by atoms with van der Waals surface area (Å²) in [5.41, 5.74) is 7.25. The van der Waals surface area contributed by atoms with Crippen molar-refractivity contribution in [3.63, 3.8) is 0 Å². The second-order valence-electron chi connectivity index (χ2n) is 5.65. The van der Waals surface area contributed by atoms with Crippen LogP contribution in [-0.4, -0.2) is 5.78 Å². The number of fused-ring (bicyclic) bond motifs is 3. The van der Waals surface area contributed by atoms with Gasteiger partial charge in [-0.2, -0.15) is 0 Å². The number of hydrogen-bond acceptors (Lipinski definition) is 1. The van der Waals surface area contributed by atoms with Gasteiger partial charge in [0, 0.05) is 11.1 Å². The Balaban J connectivity index is 1.86. The lowest BCUT2D eigenvalue weighted by molar-refractivity contribution is -0.110. The smallest absolute Gasteiger partial charge is 0.194 e. The summed E-state index contributed by atoms with van der Waals surface area (Å²) < 4.78 is 0. The minimum atomic E-state index is 0.134. The summed E-state index contributed by atoms with van der Waals surface area (Å²) in [7, 11) is 0. The number of aryl methyl sites for hydroxylation is 1. The van der Waals surface area contributed by atoms with Crippen molar-refractivity contribution in [2.24, 2.45) is 0 Å². The van der Waals surface area contributed by atoms with Crippen molar-refractivity contribution in [1.82, 2.24) is 0 Å². The molecule has 2 aromatic carbocycles. The van der Waals surface area contributed by atoms with Crippen molar-refractivity contribution in [1.29, 1.82) is 0 Å². The molecule has 4 rings (SSSR count). The highest BCUT2D eigenvalue weighted by Crippen LogP contribution is 2.41. The fourth-order valence-corrected chi connectivity index (χ4v) is 3.30. The van der Waals surface area contributed by atoms with Crippen LogP contribution in [0.25, 0.3) is 17.2 Å². The van der Waals surface area contributed by atoms with Crippen LogP contribution < -0.4 is 0 Å². The Bertz CT molecular complexity index is 878. The van der Waals surface area contributed by atoms with E-state index in [9.17, 15) is 4.79 Å². The molecule has 106 valence electrons. The number of hydrogen-bond donors (Lipinski definition) is 0. The zero-order valence-corrected chi connectivity index (χ0v) is 12.5. The van der Waals surface area contributed by atoms with E-state index in [1.165, 1.54) is 5.56 Å². The first-order valence-electron chi connectivity index (χ1n) is 7.66. The first-order valence-corrected chi connectivity index (χ1v) is 7.66. The first-order chi connectivity index (χ1) is 10.8. The molecule has 0 amide bonds. The van der Waals surface area contributed by atoms with Gasteiger partial charge in [0.05, 0.1) is 0 Å². The predicted octanol–water partition coefficient (Wildman–Crippen LogP) is 4.70. The Morgan fingerprint density at radius 2 is 1.45 bits per heavy atom. The van der Waals surface area contributed by atoms with Gasteiger partial charge in [-0.05, 0) is 46.4 Å². The van der Waals surface area contributed by atoms with E-state index >= 15 is 0 Å². The quantitative estimate of drug-likeness (QED) is 0.781. The van der Waals surface area contributed by atoms with Crippen LogP contribution in [0.4, 0.5) is 0 Å². The zero-order valence-electron chi connectivity index (χ0n) is 12.5. The second-order valence-corrected chi connectivity index (χ2v) is 5.65. The van der Waals surface area contributed by atoms with Crippen LogP contribution in [0.15, 0.2) is 66.3 Å². The zero-order chi connectivity index (χ0) is 15.1. The Morgan fingerprint density at radius 1 is 0.773 bits per heavy atom. The molecule has 22 heavy (non-hydrogen) atoms. The fourth-order valence-electron chi connectivity index (χ4n) is 3.30. The summed E-state index contributed by atoms with van der Waals surface area (Å²) in [5.74, 6) is 0.134. The summed E-state index contributed by atoms with van der Waals surface area (Å²) in [6, 6.07) is 16.4. The second kappa shape index (κ2) is 4.96. The average Bonchev–Trinajstić information content (AvgIpc) is 2.95. The minimum Gasteiger partial charge on any atom is -0.289 e. The van der Waals surface area contributed by atoms with Gasteiger partial charge < -0.3 is 0 Å². The van der Waals surface area contributed by atoms with Crippen LogP contribution in [0.2, 0.25) is 0 Å². The third kappa shape index (κ3) is 1.82. The average molecular weight is 284 g/mol. The predicted molar refractivity (Wildman–Crippen MR) is 91.2 cm³/mol. The van der Waals surface area contributed by atoms with Crippen molar-refractivity contribution in [2.75, 3.05) is 0 Å². The molecule has 0 aromatic heterocycles. The highest BCUT2D eigenvalue weighted by Gasteiger charge is 2.29. The third-order valence-corrected chi connectivity index (χ3v) is 4.44. The number of allylic oxidation sites excluding steroid dienone is 5. The summed E-state index contributed by atoms with van der Waals surface area (Å²) >= 11 is 0. The Hall–Kier alpha value is -2.67. The molecular weight excluding hydrogens is 268 g/mol. The molecule has 0 heterocycles. The molecule has 2 aliphatic carbocycles. The molecule has 0 aliphatic heterocycles. The molecule has 2 aromatic rings. The summed E-state index contributed by atoms with van der Waals surface area (Å²) in [4.78, 5) is 13.0. The van der Waals surface area contributed by atoms with Gasteiger partial charge in [-0.25, -0.2) is 0 Å². The van der Waals surface area contributed by atoms with E-state index in [2.05, 4.69) is 31.2 Å². The molecule has 0 unspecified atom stereocenters. The van der Waals surface area contributed by atoms with E-state index in [1.54, 1.807) is 0 Å². The van der Waals surface area contributed by atoms with Gasteiger partial charge in [-0.1, -0.05) is 61.5 Å². The maximum Gasteiger partial charge on any atom is 0.194 e. The van der Waals surface area contributed by atoms with Crippen molar-refractivity contribution in [3.8, 4) is 0 Å². The summed E-state index contributed by atoms with van der Waals surface area (Å²) in [5, 5.41) is 0. The molecule has 0 saturated heterocycles. The van der Waals surface area contributed by atoms with E-state index in [0.29, 0.717) is 0 Å². The highest BCUT2D eigenvalue weighted by atomic mass is 16.1. The number of carbonyl (C=O) groups excluding carboxylic acids is 1. The highest BCUT2D eigenvalue weighted by molar-refractivity contribution is 6.38. The van der Waals surface area contributed by atoms with Gasteiger partial charge in [0.15, 0.2) is 5.78 Å². The maximum absolute atomic E-state index is 13.0. The van der Waals surface area contributed by atoms with Gasteiger partial charge in [-0.3, -0.25) is 4.79 Å². The molecular formula is C21H16O. The summed E-state index contributed by atoms with van der Waals surface area (Å²) in [6.07, 6.45) is 7.01. The third-order valence-electron chi connectivity index (χ3n) is 4.44. The molecule has 0 bridgehead atoms. The Kier molecular flexibility index (Phi) is 2.93. The van der Waals surface area contributed by atoms with Gasteiger partial charge in [-0.15, -0.1) is 0 Å². The van der Waals surface area contributed by atoms with Gasteiger partial charge >= 0.3 is 0 Å². The topological polar surface area (TPSA) is 17.1 Å². The lowest BCUT2D eigenvalue weighted by Crippen LogP contribution is -2.10. The fraction of sp³-hybridized carbons (Fsp3) is 0.0952. The number of Topliss-reactive ketones (excluding diaryl/α,β-unsaturated/α-hetero) is 1. The summed E-state index contributed by atoms with van der Waals surface area (Å²) in [6.45, 7) is 2.12. The molecule has 1 heteroatoms. The van der Waals surface area contributed by atoms with E-state index in [-0.39, 0.29) is 5.78 Å². The van der Waals surface area contributed by atoms with Crippen LogP contribution in [0.1, 0.15) is 29.2 Å². The molecule has 0 fully saturated rings. The number of rotatable bonds is 2. The van der Waals surface area contributed by atoms with E-state index in [1.807, 2.05) is 42.5 Å². The molecule has 1 nitrogen and oxygen atoms in total. The van der Waals surface area contributed by atoms with E-state index in [4.69, 9.17) is 0 Å². The maximum atomic E-state index is 13.0. The van der Waals surface area contributed by atoms with Crippen LogP contribution in [0.3, 0.4) is 0 Å². The van der Waals surface area contributed by atoms with Gasteiger partial charge in [0.2, 0.25) is 0 Å².